The minimum absolute atomic E-state index is 0. The number of imidazole rings is 1. The molecule has 1 unspecified atom stereocenters. The van der Waals surface area contributed by atoms with Crippen molar-refractivity contribution in [1.29, 1.82) is 0 Å². The first-order chi connectivity index (χ1) is 23.3. The van der Waals surface area contributed by atoms with Crippen molar-refractivity contribution >= 4 is 21.8 Å². The van der Waals surface area contributed by atoms with Crippen LogP contribution in [0.25, 0.3) is 44.4 Å². The first kappa shape index (κ1) is 31.2. The maximum absolute atomic E-state index is 4.89. The van der Waals surface area contributed by atoms with Gasteiger partial charge in [-0.05, 0) is 45.6 Å². The van der Waals surface area contributed by atoms with Crippen molar-refractivity contribution in [3.8, 4) is 22.6 Å². The molecule has 4 heterocycles. The van der Waals surface area contributed by atoms with E-state index in [2.05, 4.69) is 159 Å². The summed E-state index contributed by atoms with van der Waals surface area (Å²) >= 11 is 0. The minimum Gasteiger partial charge on any atom is -0.350 e. The summed E-state index contributed by atoms with van der Waals surface area (Å²) in [6, 6.07) is 49.6. The molecule has 242 valence electrons. The Morgan fingerprint density at radius 1 is 0.776 bits per heavy atom. The van der Waals surface area contributed by atoms with Crippen LogP contribution in [-0.4, -0.2) is 14.1 Å². The fourth-order valence-corrected chi connectivity index (χ4v) is 7.63. The van der Waals surface area contributed by atoms with E-state index >= 15 is 0 Å². The van der Waals surface area contributed by atoms with Gasteiger partial charge in [0.25, 0.3) is 0 Å². The van der Waals surface area contributed by atoms with Crippen molar-refractivity contribution in [2.45, 2.75) is 31.6 Å². The molecule has 0 N–H and O–H groups in total. The summed E-state index contributed by atoms with van der Waals surface area (Å²) < 4.78 is 6.38. The van der Waals surface area contributed by atoms with Crippen molar-refractivity contribution in [1.82, 2.24) is 14.1 Å². The number of hydrogen-bond acceptors (Lipinski definition) is 1. The molecule has 5 aromatic carbocycles. The van der Waals surface area contributed by atoms with Gasteiger partial charge in [-0.2, -0.15) is 29.8 Å². The molecular formula is C44H34N4Pt-2. The molecule has 3 aromatic heterocycles. The summed E-state index contributed by atoms with van der Waals surface area (Å²) in [7, 11) is 1.99. The van der Waals surface area contributed by atoms with E-state index in [-0.39, 0.29) is 26.5 Å². The van der Waals surface area contributed by atoms with Gasteiger partial charge in [0.05, 0.1) is 7.05 Å². The van der Waals surface area contributed by atoms with Crippen molar-refractivity contribution < 1.29 is 25.6 Å². The summed E-state index contributed by atoms with van der Waals surface area (Å²) in [5, 5.41) is 2.47. The van der Waals surface area contributed by atoms with Crippen LogP contribution in [0.4, 0.5) is 0 Å². The normalized spacial score (nSPS) is 15.3. The number of aromatic nitrogens is 4. The van der Waals surface area contributed by atoms with Crippen LogP contribution in [0.2, 0.25) is 0 Å². The van der Waals surface area contributed by atoms with Crippen molar-refractivity contribution in [3.63, 3.8) is 0 Å². The topological polar surface area (TPSA) is 26.6 Å². The predicted molar refractivity (Wildman–Crippen MR) is 192 cm³/mol. The average molecular weight is 814 g/mol. The van der Waals surface area contributed by atoms with Gasteiger partial charge in [0.15, 0.2) is 0 Å². The van der Waals surface area contributed by atoms with Crippen LogP contribution in [0.5, 0.6) is 0 Å². The van der Waals surface area contributed by atoms with E-state index in [0.717, 1.165) is 39.3 Å². The summed E-state index contributed by atoms with van der Waals surface area (Å²) in [5.74, 6) is 0. The Bertz CT molecular complexity index is 2520. The molecule has 0 saturated heterocycles. The van der Waals surface area contributed by atoms with Crippen molar-refractivity contribution in [3.05, 3.63) is 180 Å². The third-order valence-corrected chi connectivity index (χ3v) is 9.90. The summed E-state index contributed by atoms with van der Waals surface area (Å²) in [4.78, 5) is 4.89. The average Bonchev–Trinajstić information content (AvgIpc) is 3.71. The molecule has 0 fully saturated rings. The second-order valence-corrected chi connectivity index (χ2v) is 13.8. The molecule has 0 aliphatic carbocycles. The quantitative estimate of drug-likeness (QED) is 0.129. The number of hydrogen-bond donors (Lipinski definition) is 0. The number of aryl methyl sites for hydroxylation is 1. The van der Waals surface area contributed by atoms with E-state index in [4.69, 9.17) is 4.98 Å². The van der Waals surface area contributed by atoms with Crippen LogP contribution in [-0.2, 0) is 38.9 Å². The molecule has 0 amide bonds. The molecule has 49 heavy (non-hydrogen) atoms. The Labute approximate surface area is 301 Å². The predicted octanol–water partition coefficient (Wildman–Crippen LogP) is 8.85. The maximum Gasteiger partial charge on any atom is 0.241 e. The van der Waals surface area contributed by atoms with E-state index in [0.29, 0.717) is 0 Å². The number of benzene rings is 5. The van der Waals surface area contributed by atoms with Gasteiger partial charge in [-0.25, -0.2) is 0 Å². The minimum atomic E-state index is -0.733. The van der Waals surface area contributed by atoms with Crippen LogP contribution in [0.3, 0.4) is 0 Å². The molecule has 1 atom stereocenters. The Kier molecular flexibility index (Phi) is 7.35. The molecule has 0 bridgehead atoms. The zero-order valence-electron chi connectivity index (χ0n) is 27.8. The number of para-hydroxylation sites is 2. The molecule has 5 heteroatoms. The monoisotopic (exact) mass is 813 g/mol. The Hall–Kier alpha value is -5.05. The zero-order chi connectivity index (χ0) is 32.6. The number of nitrogens with zero attached hydrogens (tertiary/aromatic N) is 4. The van der Waals surface area contributed by atoms with E-state index in [1.54, 1.807) is 0 Å². The van der Waals surface area contributed by atoms with Crippen LogP contribution in [0.1, 0.15) is 48.6 Å². The molecule has 9 rings (SSSR count). The van der Waals surface area contributed by atoms with Gasteiger partial charge in [-0.1, -0.05) is 105 Å². The van der Waals surface area contributed by atoms with Gasteiger partial charge in [0.2, 0.25) is 6.33 Å². The fraction of sp³-hybridized carbons (Fsp3) is 0.136. The molecule has 0 spiro atoms. The molecule has 1 aliphatic heterocycles. The van der Waals surface area contributed by atoms with Crippen LogP contribution < -0.4 is 4.57 Å². The third-order valence-electron chi connectivity index (χ3n) is 9.90. The first-order valence-corrected chi connectivity index (χ1v) is 16.5. The largest absolute Gasteiger partial charge is 0.350 e. The summed E-state index contributed by atoms with van der Waals surface area (Å²) in [6.07, 6.45) is 9.33. The van der Waals surface area contributed by atoms with Crippen LogP contribution >= 0.6 is 0 Å². The van der Waals surface area contributed by atoms with Crippen molar-refractivity contribution in [2.24, 2.45) is 7.05 Å². The van der Waals surface area contributed by atoms with Crippen LogP contribution in [0.15, 0.2) is 134 Å². The van der Waals surface area contributed by atoms with Gasteiger partial charge < -0.3 is 18.7 Å². The number of pyridine rings is 1. The smallest absolute Gasteiger partial charge is 0.241 e. The molecule has 1 aliphatic rings. The third kappa shape index (κ3) is 4.69. The van der Waals surface area contributed by atoms with Gasteiger partial charge in [-0.15, -0.1) is 23.8 Å². The van der Waals surface area contributed by atoms with Gasteiger partial charge >= 0.3 is 0 Å². The first-order valence-electron chi connectivity index (χ1n) is 16.5. The molecule has 4 nitrogen and oxygen atoms in total. The molecule has 8 aromatic rings. The van der Waals surface area contributed by atoms with Crippen molar-refractivity contribution in [2.75, 3.05) is 0 Å². The Morgan fingerprint density at radius 2 is 1.55 bits per heavy atom. The number of rotatable bonds is 4. The maximum atomic E-state index is 4.89. The van der Waals surface area contributed by atoms with E-state index in [9.17, 15) is 0 Å². The van der Waals surface area contributed by atoms with Gasteiger partial charge in [-0.3, -0.25) is 0 Å². The Balaban J connectivity index is 0.00000348. The van der Waals surface area contributed by atoms with E-state index in [1.165, 1.54) is 32.9 Å². The standard InChI is InChI=1S/C44H34N4.Pt/c1-43(2,3)32-22-23-45-39(28-32)30-20-21-41-38(26-30)44(31-12-6-5-7-13-31,33-14-10-15-34(27-33)47-25-24-46(4)29-47)37-18-11-17-36-35-16-8-9-19-40(35)48(41)42(36)37;/h5-25,28H,1-4H3;/q-2;. The number of fused-ring (bicyclic) bond motifs is 5. The van der Waals surface area contributed by atoms with E-state index in [1.807, 2.05) is 34.8 Å². The molecule has 0 radical (unpaired) electrons. The second-order valence-electron chi connectivity index (χ2n) is 13.8. The second kappa shape index (κ2) is 11.5. The Morgan fingerprint density at radius 3 is 2.35 bits per heavy atom. The molecule has 0 saturated carbocycles. The van der Waals surface area contributed by atoms with Crippen LogP contribution in [0, 0.1) is 18.5 Å². The molecular weight excluding hydrogens is 780 g/mol. The zero-order valence-corrected chi connectivity index (χ0v) is 30.1. The SMILES string of the molecule is C[n+]1[c-]n(-c2[c-]c(C3(c4ccccc4)c4[c-]c(-c5cc(C(C)(C)C)ccn5)ccc4-n4c5ccccc5c5cccc3c54)ccc2)cc1.[Pt]. The van der Waals surface area contributed by atoms with Gasteiger partial charge in [0.1, 0.15) is 0 Å². The van der Waals surface area contributed by atoms with Gasteiger partial charge in [0, 0.05) is 66.9 Å². The summed E-state index contributed by atoms with van der Waals surface area (Å²) in [6.45, 7) is 6.73. The van der Waals surface area contributed by atoms with E-state index < -0.39 is 5.41 Å². The summed E-state index contributed by atoms with van der Waals surface area (Å²) in [5.41, 5.74) is 11.3. The fourth-order valence-electron chi connectivity index (χ4n) is 7.63.